The molecular formula is C22H24FN3O3. The highest BCUT2D eigenvalue weighted by Crippen LogP contribution is 2.20. The second-order valence-electron chi connectivity index (χ2n) is 7.13. The van der Waals surface area contributed by atoms with Gasteiger partial charge in [0.15, 0.2) is 6.61 Å². The number of benzene rings is 1. The number of carbonyl (C=O) groups excluding carboxylic acids is 2. The molecule has 0 atom stereocenters. The molecule has 0 bridgehead atoms. The van der Waals surface area contributed by atoms with Crippen molar-refractivity contribution in [2.24, 2.45) is 5.92 Å². The smallest absolute Gasteiger partial charge is 0.349 e. The molecule has 1 N–H and O–H groups in total. The van der Waals surface area contributed by atoms with Crippen molar-refractivity contribution in [3.8, 4) is 6.07 Å². The quantitative estimate of drug-likeness (QED) is 0.435. The minimum atomic E-state index is -0.879. The number of nitrogens with zero attached hydrogens (tertiary/aromatic N) is 2. The van der Waals surface area contributed by atoms with Gasteiger partial charge in [-0.25, -0.2) is 9.18 Å². The Labute approximate surface area is 169 Å². The number of carbonyl (C=O) groups is 2. The molecule has 152 valence electrons. The van der Waals surface area contributed by atoms with Crippen LogP contribution in [0.1, 0.15) is 30.8 Å². The maximum atomic E-state index is 12.9. The van der Waals surface area contributed by atoms with Crippen LogP contribution in [0.5, 0.6) is 0 Å². The number of anilines is 1. The van der Waals surface area contributed by atoms with E-state index in [0.29, 0.717) is 11.6 Å². The van der Waals surface area contributed by atoms with Crippen LogP contribution in [-0.2, 0) is 20.9 Å². The van der Waals surface area contributed by atoms with Crippen molar-refractivity contribution in [1.82, 2.24) is 4.57 Å². The van der Waals surface area contributed by atoms with Gasteiger partial charge in [-0.2, -0.15) is 5.26 Å². The summed E-state index contributed by atoms with van der Waals surface area (Å²) in [6.07, 6.45) is 1.47. The Morgan fingerprint density at radius 2 is 1.93 bits per heavy atom. The fourth-order valence-electron chi connectivity index (χ4n) is 2.85. The van der Waals surface area contributed by atoms with Crippen LogP contribution in [0.3, 0.4) is 0 Å². The lowest BCUT2D eigenvalue weighted by atomic mass is 10.1. The zero-order valence-electron chi connectivity index (χ0n) is 17.0. The average Bonchev–Trinajstić information content (AvgIpc) is 2.93. The first kappa shape index (κ1) is 21.9. The summed E-state index contributed by atoms with van der Waals surface area (Å²) in [5, 5.41) is 11.8. The van der Waals surface area contributed by atoms with Crippen LogP contribution in [-0.4, -0.2) is 23.1 Å². The molecule has 1 aromatic carbocycles. The van der Waals surface area contributed by atoms with E-state index in [2.05, 4.69) is 23.7 Å². The normalized spacial score (nSPS) is 11.3. The number of halogens is 1. The third-order valence-electron chi connectivity index (χ3n) is 4.26. The van der Waals surface area contributed by atoms with Gasteiger partial charge >= 0.3 is 5.97 Å². The molecule has 29 heavy (non-hydrogen) atoms. The summed E-state index contributed by atoms with van der Waals surface area (Å²) in [6, 6.07) is 8.92. The van der Waals surface area contributed by atoms with E-state index in [4.69, 9.17) is 4.74 Å². The van der Waals surface area contributed by atoms with Crippen molar-refractivity contribution < 1.29 is 18.7 Å². The molecule has 0 radical (unpaired) electrons. The van der Waals surface area contributed by atoms with E-state index in [1.165, 1.54) is 30.3 Å². The molecule has 1 amide bonds. The van der Waals surface area contributed by atoms with Crippen LogP contribution in [0.2, 0.25) is 0 Å². The summed E-state index contributed by atoms with van der Waals surface area (Å²) < 4.78 is 20.0. The van der Waals surface area contributed by atoms with Gasteiger partial charge in [0.1, 0.15) is 17.5 Å². The molecule has 1 aromatic heterocycles. The van der Waals surface area contributed by atoms with Crippen molar-refractivity contribution in [3.05, 3.63) is 58.7 Å². The van der Waals surface area contributed by atoms with Gasteiger partial charge in [-0.1, -0.05) is 13.8 Å². The second kappa shape index (κ2) is 9.69. The first-order valence-corrected chi connectivity index (χ1v) is 9.22. The number of nitrogens with one attached hydrogen (secondary N) is 1. The molecule has 0 spiro atoms. The minimum absolute atomic E-state index is 0.190. The standard InChI is InChI=1S/C22H24FN3O3/c1-14(2)12-26-15(3)9-17(16(26)4)10-18(11-24)22(28)29-13-21(27)25-20-7-5-19(23)6-8-20/h5-10,14H,12-13H2,1-4H3,(H,25,27)/b18-10+. The SMILES string of the molecule is Cc1cc(/C=C(\C#N)C(=O)OCC(=O)Nc2ccc(F)cc2)c(C)n1CC(C)C. The second-order valence-corrected chi connectivity index (χ2v) is 7.13. The van der Waals surface area contributed by atoms with Crippen molar-refractivity contribution in [2.45, 2.75) is 34.2 Å². The van der Waals surface area contributed by atoms with Gasteiger partial charge in [0.05, 0.1) is 0 Å². The summed E-state index contributed by atoms with van der Waals surface area (Å²) in [6.45, 7) is 8.41. The molecule has 6 nitrogen and oxygen atoms in total. The number of aromatic nitrogens is 1. The summed E-state index contributed by atoms with van der Waals surface area (Å²) in [5.74, 6) is -1.43. The number of amides is 1. The molecule has 0 saturated heterocycles. The van der Waals surface area contributed by atoms with Gasteiger partial charge in [-0.15, -0.1) is 0 Å². The monoisotopic (exact) mass is 397 g/mol. The lowest BCUT2D eigenvalue weighted by Crippen LogP contribution is -2.21. The summed E-state index contributed by atoms with van der Waals surface area (Å²) in [7, 11) is 0. The van der Waals surface area contributed by atoms with Crippen LogP contribution in [0.15, 0.2) is 35.9 Å². The Hall–Kier alpha value is -3.40. The van der Waals surface area contributed by atoms with Crippen LogP contribution in [0, 0.1) is 36.9 Å². The Kier molecular flexibility index (Phi) is 7.32. The van der Waals surface area contributed by atoms with Gasteiger partial charge in [0.25, 0.3) is 5.91 Å². The predicted molar refractivity (Wildman–Crippen MR) is 108 cm³/mol. The highest BCUT2D eigenvalue weighted by molar-refractivity contribution is 6.00. The summed E-state index contributed by atoms with van der Waals surface area (Å²) >= 11 is 0. The van der Waals surface area contributed by atoms with Gasteiger partial charge in [0, 0.05) is 23.6 Å². The van der Waals surface area contributed by atoms with Crippen LogP contribution < -0.4 is 5.32 Å². The lowest BCUT2D eigenvalue weighted by molar-refractivity contribution is -0.142. The van der Waals surface area contributed by atoms with Gasteiger partial charge < -0.3 is 14.6 Å². The maximum Gasteiger partial charge on any atom is 0.349 e. The van der Waals surface area contributed by atoms with Crippen molar-refractivity contribution in [1.29, 1.82) is 5.26 Å². The molecule has 0 fully saturated rings. The van der Waals surface area contributed by atoms with E-state index < -0.39 is 24.3 Å². The number of ether oxygens (including phenoxy) is 1. The molecule has 0 unspecified atom stereocenters. The first-order chi connectivity index (χ1) is 13.7. The number of aryl methyl sites for hydroxylation is 1. The molecule has 2 aromatic rings. The van der Waals surface area contributed by atoms with Gasteiger partial charge in [0.2, 0.25) is 0 Å². The first-order valence-electron chi connectivity index (χ1n) is 9.22. The van der Waals surface area contributed by atoms with E-state index in [1.807, 2.05) is 26.0 Å². The Morgan fingerprint density at radius 1 is 1.28 bits per heavy atom. The molecule has 7 heteroatoms. The van der Waals surface area contributed by atoms with Crippen molar-refractivity contribution in [3.63, 3.8) is 0 Å². The maximum absolute atomic E-state index is 12.9. The van der Waals surface area contributed by atoms with Gasteiger partial charge in [-0.3, -0.25) is 4.79 Å². The van der Waals surface area contributed by atoms with E-state index in [-0.39, 0.29) is 5.57 Å². The third kappa shape index (κ3) is 6.04. The summed E-state index contributed by atoms with van der Waals surface area (Å²) in [4.78, 5) is 24.1. The fourth-order valence-corrected chi connectivity index (χ4v) is 2.85. The van der Waals surface area contributed by atoms with E-state index >= 15 is 0 Å². The highest BCUT2D eigenvalue weighted by atomic mass is 19.1. The van der Waals surface area contributed by atoms with Crippen molar-refractivity contribution in [2.75, 3.05) is 11.9 Å². The molecule has 0 aliphatic carbocycles. The minimum Gasteiger partial charge on any atom is -0.451 e. The molecule has 0 aliphatic rings. The van der Waals surface area contributed by atoms with E-state index in [9.17, 15) is 19.2 Å². The number of nitriles is 1. The lowest BCUT2D eigenvalue weighted by Gasteiger charge is -2.12. The largest absolute Gasteiger partial charge is 0.451 e. The average molecular weight is 397 g/mol. The predicted octanol–water partition coefficient (Wildman–Crippen LogP) is 3.99. The highest BCUT2D eigenvalue weighted by Gasteiger charge is 2.16. The Bertz CT molecular complexity index is 966. The Balaban J connectivity index is 2.04. The number of esters is 1. The van der Waals surface area contributed by atoms with Crippen LogP contribution in [0.25, 0.3) is 6.08 Å². The topological polar surface area (TPSA) is 84.1 Å². The summed E-state index contributed by atoms with van der Waals surface area (Å²) in [5.41, 5.74) is 2.93. The zero-order chi connectivity index (χ0) is 21.6. The molecule has 0 aliphatic heterocycles. The van der Waals surface area contributed by atoms with Crippen LogP contribution in [0.4, 0.5) is 10.1 Å². The zero-order valence-corrected chi connectivity index (χ0v) is 17.0. The molecular weight excluding hydrogens is 373 g/mol. The number of hydrogen-bond acceptors (Lipinski definition) is 4. The van der Waals surface area contributed by atoms with Gasteiger partial charge in [-0.05, 0) is 61.7 Å². The molecule has 2 rings (SSSR count). The van der Waals surface area contributed by atoms with E-state index in [0.717, 1.165) is 23.5 Å². The van der Waals surface area contributed by atoms with E-state index in [1.54, 1.807) is 0 Å². The Morgan fingerprint density at radius 3 is 2.52 bits per heavy atom. The number of hydrogen-bond donors (Lipinski definition) is 1. The number of rotatable bonds is 7. The molecule has 1 heterocycles. The third-order valence-corrected chi connectivity index (χ3v) is 4.26. The van der Waals surface area contributed by atoms with Crippen molar-refractivity contribution >= 4 is 23.6 Å². The van der Waals surface area contributed by atoms with Crippen LogP contribution >= 0.6 is 0 Å². The molecule has 0 saturated carbocycles. The fraction of sp³-hybridized carbons (Fsp3) is 0.318.